The third kappa shape index (κ3) is 4.93. The first-order valence-corrected chi connectivity index (χ1v) is 13.1. The second-order valence-electron chi connectivity index (χ2n) is 8.24. The molecule has 0 unspecified atom stereocenters. The molecule has 0 saturated carbocycles. The van der Waals surface area contributed by atoms with Gasteiger partial charge in [-0.2, -0.15) is 5.10 Å². The van der Waals surface area contributed by atoms with Crippen LogP contribution in [0.25, 0.3) is 22.0 Å². The summed E-state index contributed by atoms with van der Waals surface area (Å²) in [6.07, 6.45) is 2.35. The first kappa shape index (κ1) is 20.8. The number of hydrogen-bond donors (Lipinski definition) is 2. The van der Waals surface area contributed by atoms with Gasteiger partial charge < -0.3 is 15.6 Å². The van der Waals surface area contributed by atoms with Gasteiger partial charge in [0.05, 0.1) is 11.7 Å². The van der Waals surface area contributed by atoms with E-state index in [1.807, 2.05) is 22.9 Å². The number of carboxylic acid groups (broad SMARTS) is 1. The Morgan fingerprint density at radius 3 is 2.66 bits per heavy atom. The molecule has 2 aromatic heterocycles. The van der Waals surface area contributed by atoms with E-state index in [9.17, 15) is 4.79 Å². The molecule has 0 spiro atoms. The van der Waals surface area contributed by atoms with Gasteiger partial charge in [0.1, 0.15) is 12.5 Å². The predicted octanol–water partition coefficient (Wildman–Crippen LogP) is 4.11. The topological polar surface area (TPSA) is 106 Å². The van der Waals surface area contributed by atoms with E-state index in [4.69, 9.17) is 15.6 Å². The maximum absolute atomic E-state index is 11.0. The monoisotopic (exact) mass is 413 g/mol. The molecular weight excluding hydrogens is 386 g/mol. The number of amides is 1. The number of nitrogens with two attached hydrogens (primary N) is 1. The van der Waals surface area contributed by atoms with E-state index in [1.165, 1.54) is 7.05 Å². The lowest BCUT2D eigenvalue weighted by Gasteiger charge is -2.15. The van der Waals surface area contributed by atoms with Crippen molar-refractivity contribution in [3.8, 4) is 11.1 Å². The van der Waals surface area contributed by atoms with Crippen LogP contribution in [0, 0.1) is 0 Å². The number of fused-ring (bicyclic) bond motifs is 1. The van der Waals surface area contributed by atoms with Gasteiger partial charge in [0.15, 0.2) is 0 Å². The van der Waals surface area contributed by atoms with E-state index in [1.54, 1.807) is 18.5 Å². The number of nitrogen functional groups attached to an aromatic ring is 1. The van der Waals surface area contributed by atoms with Crippen LogP contribution in [-0.2, 0) is 11.5 Å². The molecule has 154 valence electrons. The van der Waals surface area contributed by atoms with E-state index in [2.05, 4.69) is 29.7 Å². The maximum atomic E-state index is 11.0. The quantitative estimate of drug-likeness (QED) is 0.343. The zero-order valence-corrected chi connectivity index (χ0v) is 18.2. The number of benzene rings is 1. The molecule has 1 aromatic carbocycles. The van der Waals surface area contributed by atoms with E-state index in [0.29, 0.717) is 18.2 Å². The van der Waals surface area contributed by atoms with Crippen LogP contribution in [0.2, 0.25) is 25.7 Å². The van der Waals surface area contributed by atoms with Gasteiger partial charge >= 0.3 is 6.09 Å². The van der Waals surface area contributed by atoms with Gasteiger partial charge in [-0.15, -0.1) is 0 Å². The SMILES string of the molecule is CN(C(=O)O)c1ccc(-c2cc3cnn(COCC[Si](C)(C)C)c3cc2N)cn1. The Morgan fingerprint density at radius 2 is 2.03 bits per heavy atom. The molecule has 0 atom stereocenters. The van der Waals surface area contributed by atoms with Crippen molar-refractivity contribution in [2.75, 3.05) is 24.3 Å². The first-order chi connectivity index (χ1) is 13.7. The Hall–Kier alpha value is -2.91. The Kier molecular flexibility index (Phi) is 5.90. The van der Waals surface area contributed by atoms with Crippen molar-refractivity contribution in [2.45, 2.75) is 32.4 Å². The summed E-state index contributed by atoms with van der Waals surface area (Å²) in [4.78, 5) is 16.3. The Labute approximate surface area is 170 Å². The smallest absolute Gasteiger partial charge is 0.412 e. The highest BCUT2D eigenvalue weighted by Crippen LogP contribution is 2.31. The normalized spacial score (nSPS) is 11.7. The van der Waals surface area contributed by atoms with Crippen molar-refractivity contribution >= 4 is 36.6 Å². The van der Waals surface area contributed by atoms with Crippen molar-refractivity contribution in [1.82, 2.24) is 14.8 Å². The number of rotatable bonds is 7. The number of anilines is 2. The van der Waals surface area contributed by atoms with Crippen LogP contribution in [0.5, 0.6) is 0 Å². The molecule has 0 radical (unpaired) electrons. The number of nitrogens with zero attached hydrogens (tertiary/aromatic N) is 4. The summed E-state index contributed by atoms with van der Waals surface area (Å²) in [6, 6.07) is 8.43. The number of pyridine rings is 1. The zero-order valence-electron chi connectivity index (χ0n) is 17.2. The van der Waals surface area contributed by atoms with E-state index in [0.717, 1.165) is 39.6 Å². The van der Waals surface area contributed by atoms with Crippen molar-refractivity contribution in [3.05, 3.63) is 36.7 Å². The molecule has 8 nitrogen and oxygen atoms in total. The van der Waals surface area contributed by atoms with Gasteiger partial charge in [0.2, 0.25) is 0 Å². The molecule has 3 N–H and O–H groups in total. The fourth-order valence-electron chi connectivity index (χ4n) is 2.87. The summed E-state index contributed by atoms with van der Waals surface area (Å²) in [6.45, 7) is 8.09. The fourth-order valence-corrected chi connectivity index (χ4v) is 3.62. The summed E-state index contributed by atoms with van der Waals surface area (Å²) in [5.41, 5.74) is 9.45. The minimum atomic E-state index is -1.12. The highest BCUT2D eigenvalue weighted by molar-refractivity contribution is 6.76. The molecule has 0 saturated heterocycles. The van der Waals surface area contributed by atoms with Gasteiger partial charge in [-0.1, -0.05) is 19.6 Å². The number of aromatic nitrogens is 3. The van der Waals surface area contributed by atoms with Gasteiger partial charge in [0, 0.05) is 50.1 Å². The molecule has 3 aromatic rings. The molecule has 9 heteroatoms. The maximum Gasteiger partial charge on any atom is 0.412 e. The summed E-state index contributed by atoms with van der Waals surface area (Å²) < 4.78 is 7.61. The molecule has 0 aliphatic carbocycles. The fraction of sp³-hybridized carbons (Fsp3) is 0.350. The third-order valence-corrected chi connectivity index (χ3v) is 6.42. The Morgan fingerprint density at radius 1 is 1.28 bits per heavy atom. The van der Waals surface area contributed by atoms with Gasteiger partial charge in [-0.05, 0) is 30.3 Å². The average molecular weight is 414 g/mol. The van der Waals surface area contributed by atoms with Crippen molar-refractivity contribution in [1.29, 1.82) is 0 Å². The molecule has 29 heavy (non-hydrogen) atoms. The molecule has 1 amide bonds. The largest absolute Gasteiger partial charge is 0.465 e. The highest BCUT2D eigenvalue weighted by atomic mass is 28.3. The van der Waals surface area contributed by atoms with Crippen molar-refractivity contribution in [2.24, 2.45) is 0 Å². The van der Waals surface area contributed by atoms with E-state index >= 15 is 0 Å². The molecule has 0 aliphatic heterocycles. The number of hydrogen-bond acceptors (Lipinski definition) is 5. The second-order valence-corrected chi connectivity index (χ2v) is 13.9. The Bertz CT molecular complexity index is 1010. The molecule has 3 rings (SSSR count). The van der Waals surface area contributed by atoms with Crippen LogP contribution in [0.3, 0.4) is 0 Å². The van der Waals surface area contributed by atoms with Crippen molar-refractivity contribution in [3.63, 3.8) is 0 Å². The summed E-state index contributed by atoms with van der Waals surface area (Å²) in [7, 11) is 0.329. The zero-order chi connectivity index (χ0) is 21.2. The lowest BCUT2D eigenvalue weighted by atomic mass is 10.0. The minimum Gasteiger partial charge on any atom is -0.465 e. The minimum absolute atomic E-state index is 0.351. The molecule has 0 fully saturated rings. The molecule has 0 aliphatic rings. The summed E-state index contributed by atoms with van der Waals surface area (Å²) in [5, 5.41) is 14.4. The van der Waals surface area contributed by atoms with Crippen LogP contribution in [0.1, 0.15) is 0 Å². The third-order valence-electron chi connectivity index (χ3n) is 4.71. The van der Waals surface area contributed by atoms with E-state index in [-0.39, 0.29) is 0 Å². The number of carbonyl (C=O) groups is 1. The van der Waals surface area contributed by atoms with Crippen molar-refractivity contribution < 1.29 is 14.6 Å². The lowest BCUT2D eigenvalue weighted by molar-refractivity contribution is 0.0817. The van der Waals surface area contributed by atoms with Gasteiger partial charge in [-0.25, -0.2) is 14.5 Å². The lowest BCUT2D eigenvalue weighted by Crippen LogP contribution is -2.24. The van der Waals surface area contributed by atoms with E-state index < -0.39 is 14.2 Å². The molecular formula is C20H27N5O3Si. The Balaban J connectivity index is 1.79. The van der Waals surface area contributed by atoms with Crippen LogP contribution < -0.4 is 10.6 Å². The molecule has 2 heterocycles. The van der Waals surface area contributed by atoms with Crippen LogP contribution in [0.15, 0.2) is 36.7 Å². The van der Waals surface area contributed by atoms with Gasteiger partial charge in [0.25, 0.3) is 0 Å². The second kappa shape index (κ2) is 8.22. The van der Waals surface area contributed by atoms with Crippen LogP contribution >= 0.6 is 0 Å². The average Bonchev–Trinajstić information content (AvgIpc) is 3.05. The standard InChI is InChI=1S/C20H27N5O3Si/c1-24(20(26)27)19-6-5-14(11-22-19)16-9-15-12-23-25(18(15)10-17(16)21)13-28-7-8-29(2,3)4/h5-6,9-12H,7-8,13,21H2,1-4H3,(H,26,27). The van der Waals surface area contributed by atoms with Gasteiger partial charge in [-0.3, -0.25) is 4.90 Å². The summed E-state index contributed by atoms with van der Waals surface area (Å²) in [5.74, 6) is 0.351. The predicted molar refractivity (Wildman–Crippen MR) is 118 cm³/mol. The highest BCUT2D eigenvalue weighted by Gasteiger charge is 2.14. The first-order valence-electron chi connectivity index (χ1n) is 9.41. The van der Waals surface area contributed by atoms with Crippen LogP contribution in [0.4, 0.5) is 16.3 Å². The summed E-state index contributed by atoms with van der Waals surface area (Å²) >= 11 is 0. The van der Waals surface area contributed by atoms with Crippen LogP contribution in [-0.4, -0.2) is 47.7 Å². The molecule has 0 bridgehead atoms. The number of ether oxygens (including phenoxy) is 1.